The standard InChI is InChI=1S/C12H9ClF2N2/c13-5-8-6-16-12(17-7-8)3-9-1-2-10(14)4-11(9)15/h1-2,4,6-7H,3,5H2. The molecule has 0 amide bonds. The fraction of sp³-hybridized carbons (Fsp3) is 0.167. The zero-order valence-corrected chi connectivity index (χ0v) is 9.59. The molecule has 0 aliphatic carbocycles. The van der Waals surface area contributed by atoms with Crippen molar-refractivity contribution in [2.75, 3.05) is 0 Å². The molecule has 0 fully saturated rings. The van der Waals surface area contributed by atoms with Crippen LogP contribution in [0.2, 0.25) is 0 Å². The van der Waals surface area contributed by atoms with Crippen LogP contribution in [0, 0.1) is 11.6 Å². The van der Waals surface area contributed by atoms with E-state index in [-0.39, 0.29) is 6.42 Å². The number of nitrogens with zero attached hydrogens (tertiary/aromatic N) is 2. The van der Waals surface area contributed by atoms with E-state index in [2.05, 4.69) is 9.97 Å². The monoisotopic (exact) mass is 254 g/mol. The first-order valence-corrected chi connectivity index (χ1v) is 5.52. The number of hydrogen-bond acceptors (Lipinski definition) is 2. The molecule has 1 heterocycles. The van der Waals surface area contributed by atoms with Crippen molar-refractivity contribution in [2.45, 2.75) is 12.3 Å². The quantitative estimate of drug-likeness (QED) is 0.787. The summed E-state index contributed by atoms with van der Waals surface area (Å²) in [7, 11) is 0. The van der Waals surface area contributed by atoms with E-state index in [0.29, 0.717) is 17.3 Å². The summed E-state index contributed by atoms with van der Waals surface area (Å²) in [4.78, 5) is 8.10. The van der Waals surface area contributed by atoms with Gasteiger partial charge < -0.3 is 0 Å². The van der Waals surface area contributed by atoms with Gasteiger partial charge in [0.25, 0.3) is 0 Å². The van der Waals surface area contributed by atoms with Gasteiger partial charge in [0.2, 0.25) is 0 Å². The highest BCUT2D eigenvalue weighted by Crippen LogP contribution is 2.12. The van der Waals surface area contributed by atoms with Crippen molar-refractivity contribution in [1.82, 2.24) is 9.97 Å². The van der Waals surface area contributed by atoms with E-state index in [9.17, 15) is 8.78 Å². The Bertz CT molecular complexity index is 514. The number of aromatic nitrogens is 2. The average Bonchev–Trinajstić information content (AvgIpc) is 2.34. The second kappa shape index (κ2) is 5.19. The van der Waals surface area contributed by atoms with Crippen molar-refractivity contribution < 1.29 is 8.78 Å². The number of alkyl halides is 1. The average molecular weight is 255 g/mol. The van der Waals surface area contributed by atoms with E-state index in [1.807, 2.05) is 0 Å². The molecule has 0 saturated heterocycles. The summed E-state index contributed by atoms with van der Waals surface area (Å²) in [6, 6.07) is 3.46. The molecule has 2 aromatic rings. The summed E-state index contributed by atoms with van der Waals surface area (Å²) in [6.07, 6.45) is 3.42. The maximum atomic E-state index is 13.4. The highest BCUT2D eigenvalue weighted by Gasteiger charge is 2.06. The van der Waals surface area contributed by atoms with Crippen molar-refractivity contribution >= 4 is 11.6 Å². The first-order valence-electron chi connectivity index (χ1n) is 4.98. The lowest BCUT2D eigenvalue weighted by atomic mass is 10.1. The highest BCUT2D eigenvalue weighted by molar-refractivity contribution is 6.17. The lowest BCUT2D eigenvalue weighted by Gasteiger charge is -2.03. The summed E-state index contributed by atoms with van der Waals surface area (Å²) in [5, 5.41) is 0. The van der Waals surface area contributed by atoms with Crippen LogP contribution in [0.5, 0.6) is 0 Å². The van der Waals surface area contributed by atoms with E-state index >= 15 is 0 Å². The molecule has 0 atom stereocenters. The lowest BCUT2D eigenvalue weighted by molar-refractivity contribution is 0.573. The Labute approximate surface area is 102 Å². The second-order valence-corrected chi connectivity index (χ2v) is 3.82. The second-order valence-electron chi connectivity index (χ2n) is 3.55. The molecule has 2 rings (SSSR count). The fourth-order valence-electron chi connectivity index (χ4n) is 1.38. The summed E-state index contributed by atoms with van der Waals surface area (Å²) in [5.74, 6) is -0.366. The van der Waals surface area contributed by atoms with Gasteiger partial charge in [-0.25, -0.2) is 18.7 Å². The van der Waals surface area contributed by atoms with Gasteiger partial charge in [-0.15, -0.1) is 11.6 Å². The minimum Gasteiger partial charge on any atom is -0.241 e. The molecule has 0 aliphatic heterocycles. The zero-order chi connectivity index (χ0) is 12.3. The smallest absolute Gasteiger partial charge is 0.132 e. The molecule has 0 N–H and O–H groups in total. The SMILES string of the molecule is Fc1ccc(Cc2ncc(CCl)cn2)c(F)c1. The van der Waals surface area contributed by atoms with Gasteiger partial charge in [-0.1, -0.05) is 6.07 Å². The van der Waals surface area contributed by atoms with Crippen molar-refractivity contribution in [3.63, 3.8) is 0 Å². The Morgan fingerprint density at radius 2 is 1.82 bits per heavy atom. The van der Waals surface area contributed by atoms with Gasteiger partial charge in [0.15, 0.2) is 0 Å². The molecule has 5 heteroatoms. The van der Waals surface area contributed by atoms with Crippen LogP contribution in [0.3, 0.4) is 0 Å². The van der Waals surface area contributed by atoms with Crippen LogP contribution in [-0.2, 0) is 12.3 Å². The number of halogens is 3. The minimum atomic E-state index is -0.593. The molecule has 0 saturated carbocycles. The van der Waals surface area contributed by atoms with Crippen LogP contribution in [0.15, 0.2) is 30.6 Å². The Morgan fingerprint density at radius 1 is 1.12 bits per heavy atom. The third kappa shape index (κ3) is 2.97. The van der Waals surface area contributed by atoms with Crippen LogP contribution < -0.4 is 0 Å². The topological polar surface area (TPSA) is 25.8 Å². The molecule has 88 valence electrons. The predicted octanol–water partition coefficient (Wildman–Crippen LogP) is 3.08. The third-order valence-corrected chi connectivity index (χ3v) is 2.59. The van der Waals surface area contributed by atoms with Crippen LogP contribution in [0.25, 0.3) is 0 Å². The van der Waals surface area contributed by atoms with Crippen molar-refractivity contribution in [2.24, 2.45) is 0 Å². The molecular weight excluding hydrogens is 246 g/mol. The Morgan fingerprint density at radius 3 is 2.41 bits per heavy atom. The van der Waals surface area contributed by atoms with Gasteiger partial charge >= 0.3 is 0 Å². The van der Waals surface area contributed by atoms with E-state index in [1.54, 1.807) is 12.4 Å². The van der Waals surface area contributed by atoms with Gasteiger partial charge in [0.1, 0.15) is 17.5 Å². The normalized spacial score (nSPS) is 10.5. The van der Waals surface area contributed by atoms with Crippen LogP contribution in [0.1, 0.15) is 17.0 Å². The van der Waals surface area contributed by atoms with Gasteiger partial charge in [0, 0.05) is 30.4 Å². The van der Waals surface area contributed by atoms with Crippen LogP contribution in [-0.4, -0.2) is 9.97 Å². The van der Waals surface area contributed by atoms with E-state index in [1.165, 1.54) is 12.1 Å². The van der Waals surface area contributed by atoms with E-state index in [4.69, 9.17) is 11.6 Å². The molecule has 17 heavy (non-hydrogen) atoms. The minimum absolute atomic E-state index is 0.231. The maximum absolute atomic E-state index is 13.4. The fourth-order valence-corrected chi connectivity index (χ4v) is 1.52. The maximum Gasteiger partial charge on any atom is 0.132 e. The number of rotatable bonds is 3. The molecule has 0 bridgehead atoms. The molecule has 0 aliphatic rings. The largest absolute Gasteiger partial charge is 0.241 e. The van der Waals surface area contributed by atoms with Crippen LogP contribution >= 0.6 is 11.6 Å². The Hall–Kier alpha value is -1.55. The predicted molar refractivity (Wildman–Crippen MR) is 60.8 cm³/mol. The molecule has 0 radical (unpaired) electrons. The summed E-state index contributed by atoms with van der Waals surface area (Å²) >= 11 is 5.60. The van der Waals surface area contributed by atoms with Crippen molar-refractivity contribution in [3.8, 4) is 0 Å². The third-order valence-electron chi connectivity index (χ3n) is 2.28. The first-order chi connectivity index (χ1) is 8.19. The van der Waals surface area contributed by atoms with E-state index < -0.39 is 11.6 Å². The first kappa shape index (κ1) is 11.9. The Balaban J connectivity index is 2.19. The molecule has 2 nitrogen and oxygen atoms in total. The van der Waals surface area contributed by atoms with Crippen LogP contribution in [0.4, 0.5) is 8.78 Å². The molecule has 1 aromatic heterocycles. The highest BCUT2D eigenvalue weighted by atomic mass is 35.5. The van der Waals surface area contributed by atoms with Gasteiger partial charge in [0.05, 0.1) is 5.88 Å². The number of hydrogen-bond donors (Lipinski definition) is 0. The zero-order valence-electron chi connectivity index (χ0n) is 8.83. The molecular formula is C12H9ClF2N2. The summed E-state index contributed by atoms with van der Waals surface area (Å²) in [5.41, 5.74) is 1.17. The summed E-state index contributed by atoms with van der Waals surface area (Å²) in [6.45, 7) is 0. The van der Waals surface area contributed by atoms with Crippen molar-refractivity contribution in [1.29, 1.82) is 0 Å². The number of benzene rings is 1. The van der Waals surface area contributed by atoms with Gasteiger partial charge in [-0.3, -0.25) is 0 Å². The molecule has 0 spiro atoms. The van der Waals surface area contributed by atoms with Gasteiger partial charge in [-0.05, 0) is 11.6 Å². The lowest BCUT2D eigenvalue weighted by Crippen LogP contribution is -1.99. The van der Waals surface area contributed by atoms with Gasteiger partial charge in [-0.2, -0.15) is 0 Å². The molecule has 0 unspecified atom stereocenters. The van der Waals surface area contributed by atoms with Crippen molar-refractivity contribution in [3.05, 3.63) is 59.2 Å². The summed E-state index contributed by atoms with van der Waals surface area (Å²) < 4.78 is 26.1. The Kier molecular flexibility index (Phi) is 3.64. The molecule has 1 aromatic carbocycles. The van der Waals surface area contributed by atoms with E-state index in [0.717, 1.165) is 11.6 Å².